The number of alkyl halides is 3. The second-order valence-electron chi connectivity index (χ2n) is 2.61. The van der Waals surface area contributed by atoms with Gasteiger partial charge in [-0.15, -0.1) is 0 Å². The standard InChI is InChI=1S/C6H8F3NO3S/c7-6(8,9)14(11,12)13-5-1-3-10-4-2-5/h1,10H,2-4H2. The average molecular weight is 231 g/mol. The van der Waals surface area contributed by atoms with Crippen molar-refractivity contribution in [3.05, 3.63) is 11.8 Å². The summed E-state index contributed by atoms with van der Waals surface area (Å²) in [5, 5.41) is 2.81. The first-order valence-corrected chi connectivity index (χ1v) is 5.14. The molecule has 14 heavy (non-hydrogen) atoms. The molecule has 0 amide bonds. The third kappa shape index (κ3) is 2.61. The Morgan fingerprint density at radius 3 is 2.50 bits per heavy atom. The summed E-state index contributed by atoms with van der Waals surface area (Å²) in [6, 6.07) is 0. The molecule has 1 N–H and O–H groups in total. The maximum absolute atomic E-state index is 11.8. The molecule has 0 aliphatic carbocycles. The molecular formula is C6H8F3NO3S. The van der Waals surface area contributed by atoms with Gasteiger partial charge in [0.15, 0.2) is 0 Å². The highest BCUT2D eigenvalue weighted by molar-refractivity contribution is 7.87. The molecule has 1 heterocycles. The molecule has 0 aromatic heterocycles. The van der Waals surface area contributed by atoms with Gasteiger partial charge in [-0.1, -0.05) is 0 Å². The molecule has 4 nitrogen and oxygen atoms in total. The number of nitrogens with one attached hydrogen (secondary N) is 1. The van der Waals surface area contributed by atoms with E-state index in [9.17, 15) is 21.6 Å². The maximum Gasteiger partial charge on any atom is 0.534 e. The molecular weight excluding hydrogens is 223 g/mol. The minimum absolute atomic E-state index is 0.134. The highest BCUT2D eigenvalue weighted by Crippen LogP contribution is 2.27. The van der Waals surface area contributed by atoms with Crippen molar-refractivity contribution in [1.29, 1.82) is 0 Å². The van der Waals surface area contributed by atoms with Crippen LogP contribution in [0.1, 0.15) is 6.42 Å². The second-order valence-corrected chi connectivity index (χ2v) is 4.15. The van der Waals surface area contributed by atoms with Crippen LogP contribution in [0.25, 0.3) is 0 Å². The summed E-state index contributed by atoms with van der Waals surface area (Å²) in [5.41, 5.74) is -5.36. The maximum atomic E-state index is 11.8. The normalized spacial score (nSPS) is 18.9. The Labute approximate surface area is 78.9 Å². The van der Waals surface area contributed by atoms with E-state index in [2.05, 4.69) is 9.50 Å². The van der Waals surface area contributed by atoms with Crippen molar-refractivity contribution in [1.82, 2.24) is 5.32 Å². The topological polar surface area (TPSA) is 55.4 Å². The number of hydrogen-bond donors (Lipinski definition) is 1. The lowest BCUT2D eigenvalue weighted by Crippen LogP contribution is -2.28. The van der Waals surface area contributed by atoms with Crippen LogP contribution in [0.4, 0.5) is 13.2 Å². The van der Waals surface area contributed by atoms with E-state index >= 15 is 0 Å². The molecule has 1 aliphatic heterocycles. The summed E-state index contributed by atoms with van der Waals surface area (Å²) in [5.74, 6) is -0.166. The molecule has 82 valence electrons. The van der Waals surface area contributed by atoms with E-state index in [1.54, 1.807) is 0 Å². The molecule has 0 radical (unpaired) electrons. The summed E-state index contributed by atoms with van der Waals surface area (Å²) < 4.78 is 60.4. The van der Waals surface area contributed by atoms with Gasteiger partial charge < -0.3 is 9.50 Å². The zero-order valence-corrected chi connectivity index (χ0v) is 7.78. The van der Waals surface area contributed by atoms with Gasteiger partial charge in [0.25, 0.3) is 0 Å². The Hall–Kier alpha value is -0.760. The van der Waals surface area contributed by atoms with Gasteiger partial charge in [-0.05, 0) is 6.08 Å². The fraction of sp³-hybridized carbons (Fsp3) is 0.667. The number of rotatable bonds is 2. The summed E-state index contributed by atoms with van der Waals surface area (Å²) in [7, 11) is -5.49. The van der Waals surface area contributed by atoms with Crippen LogP contribution in [0, 0.1) is 0 Å². The van der Waals surface area contributed by atoms with Crippen molar-refractivity contribution < 1.29 is 25.8 Å². The first kappa shape index (κ1) is 11.3. The predicted molar refractivity (Wildman–Crippen MR) is 41.6 cm³/mol. The lowest BCUT2D eigenvalue weighted by Gasteiger charge is -2.15. The molecule has 0 aromatic rings. The average Bonchev–Trinajstić information content (AvgIpc) is 2.03. The molecule has 0 atom stereocenters. The van der Waals surface area contributed by atoms with Gasteiger partial charge in [0.1, 0.15) is 5.76 Å². The van der Waals surface area contributed by atoms with Crippen molar-refractivity contribution in [2.75, 3.05) is 13.1 Å². The lowest BCUT2D eigenvalue weighted by molar-refractivity contribution is -0.0523. The number of halogens is 3. The van der Waals surface area contributed by atoms with Gasteiger partial charge in [0, 0.05) is 19.5 Å². The van der Waals surface area contributed by atoms with Gasteiger partial charge in [-0.3, -0.25) is 0 Å². The summed E-state index contributed by atoms with van der Waals surface area (Å²) >= 11 is 0. The van der Waals surface area contributed by atoms with Crippen LogP contribution in [0.2, 0.25) is 0 Å². The van der Waals surface area contributed by atoms with E-state index in [0.29, 0.717) is 13.1 Å². The molecule has 0 saturated carbocycles. The van der Waals surface area contributed by atoms with Crippen molar-refractivity contribution in [3.63, 3.8) is 0 Å². The summed E-state index contributed by atoms with van der Waals surface area (Å²) in [6.07, 6.45) is 1.40. The Bertz CT molecular complexity index is 333. The monoisotopic (exact) mass is 231 g/mol. The van der Waals surface area contributed by atoms with Gasteiger partial charge in [-0.2, -0.15) is 21.6 Å². The van der Waals surface area contributed by atoms with E-state index < -0.39 is 15.6 Å². The van der Waals surface area contributed by atoms with E-state index in [1.165, 1.54) is 6.08 Å². The SMILES string of the molecule is O=S(=O)(OC1=CCNCC1)C(F)(F)F. The molecule has 0 saturated heterocycles. The minimum Gasteiger partial charge on any atom is -0.381 e. The highest BCUT2D eigenvalue weighted by atomic mass is 32.2. The van der Waals surface area contributed by atoms with Gasteiger partial charge >= 0.3 is 15.6 Å². The predicted octanol–water partition coefficient (Wildman–Crippen LogP) is 0.730. The molecule has 1 aliphatic rings. The Morgan fingerprint density at radius 2 is 2.07 bits per heavy atom. The van der Waals surface area contributed by atoms with E-state index in [0.717, 1.165) is 0 Å². The van der Waals surface area contributed by atoms with Crippen LogP contribution in [-0.2, 0) is 14.3 Å². The van der Waals surface area contributed by atoms with Crippen molar-refractivity contribution in [3.8, 4) is 0 Å². The van der Waals surface area contributed by atoms with E-state index in [4.69, 9.17) is 0 Å². The van der Waals surface area contributed by atoms with Crippen molar-refractivity contribution in [2.45, 2.75) is 11.9 Å². The molecule has 0 fully saturated rings. The molecule has 0 unspecified atom stereocenters. The highest BCUT2D eigenvalue weighted by Gasteiger charge is 2.48. The molecule has 0 spiro atoms. The van der Waals surface area contributed by atoms with Crippen LogP contribution < -0.4 is 5.32 Å². The minimum atomic E-state index is -5.49. The largest absolute Gasteiger partial charge is 0.534 e. The third-order valence-corrected chi connectivity index (χ3v) is 2.52. The second kappa shape index (κ2) is 3.77. The fourth-order valence-corrected chi connectivity index (χ4v) is 1.39. The van der Waals surface area contributed by atoms with Crippen LogP contribution in [0.15, 0.2) is 11.8 Å². The van der Waals surface area contributed by atoms with Crippen molar-refractivity contribution >= 4 is 10.1 Å². The molecule has 0 aromatic carbocycles. The first-order valence-electron chi connectivity index (χ1n) is 3.73. The quantitative estimate of drug-likeness (QED) is 0.562. The Kier molecular flexibility index (Phi) is 3.05. The number of hydrogen-bond acceptors (Lipinski definition) is 4. The molecule has 0 bridgehead atoms. The van der Waals surface area contributed by atoms with Gasteiger partial charge in [-0.25, -0.2) is 0 Å². The van der Waals surface area contributed by atoms with Gasteiger partial charge in [0.2, 0.25) is 0 Å². The van der Waals surface area contributed by atoms with Crippen molar-refractivity contribution in [2.24, 2.45) is 0 Å². The van der Waals surface area contributed by atoms with Crippen LogP contribution >= 0.6 is 0 Å². The van der Waals surface area contributed by atoms with Crippen LogP contribution in [0.5, 0.6) is 0 Å². The zero-order valence-electron chi connectivity index (χ0n) is 6.97. The smallest absolute Gasteiger partial charge is 0.381 e. The summed E-state index contributed by atoms with van der Waals surface area (Å²) in [4.78, 5) is 0. The van der Waals surface area contributed by atoms with E-state index in [-0.39, 0.29) is 12.2 Å². The first-order chi connectivity index (χ1) is 6.33. The zero-order chi connectivity index (χ0) is 10.8. The van der Waals surface area contributed by atoms with Crippen LogP contribution in [-0.4, -0.2) is 27.0 Å². The fourth-order valence-electron chi connectivity index (χ4n) is 0.866. The Balaban J connectivity index is 2.73. The molecule has 8 heteroatoms. The molecule has 1 rings (SSSR count). The third-order valence-electron chi connectivity index (χ3n) is 1.52. The van der Waals surface area contributed by atoms with Crippen LogP contribution in [0.3, 0.4) is 0 Å². The lowest BCUT2D eigenvalue weighted by atomic mass is 10.3. The summed E-state index contributed by atoms with van der Waals surface area (Å²) in [6.45, 7) is 0.710. The Morgan fingerprint density at radius 1 is 1.43 bits per heavy atom. The van der Waals surface area contributed by atoms with Gasteiger partial charge in [0.05, 0.1) is 0 Å². The van der Waals surface area contributed by atoms with E-state index in [1.807, 2.05) is 0 Å².